The van der Waals surface area contributed by atoms with Crippen molar-refractivity contribution in [1.29, 1.82) is 0 Å². The van der Waals surface area contributed by atoms with Gasteiger partial charge in [0.15, 0.2) is 11.4 Å². The number of hydrogen-bond donors (Lipinski definition) is 2. The van der Waals surface area contributed by atoms with E-state index < -0.39 is 39.7 Å². The maximum Gasteiger partial charge on any atom is 0.263 e. The lowest BCUT2D eigenvalue weighted by molar-refractivity contribution is -0.136. The van der Waals surface area contributed by atoms with Crippen LogP contribution in [0.5, 0.6) is 5.75 Å². The smallest absolute Gasteiger partial charge is 0.263 e. The molecule has 2 aromatic heterocycles. The number of sulfonamides is 1. The molecule has 61 heavy (non-hydrogen) atoms. The largest absolute Gasteiger partial charge is 0.496 e. The van der Waals surface area contributed by atoms with E-state index in [-0.39, 0.29) is 34.5 Å². The molecule has 0 bridgehead atoms. The second-order valence-corrected chi connectivity index (χ2v) is 18.6. The summed E-state index contributed by atoms with van der Waals surface area (Å²) >= 11 is 0. The molecule has 17 nitrogen and oxygen atoms in total. The van der Waals surface area contributed by atoms with Crippen molar-refractivity contribution in [2.75, 3.05) is 67.4 Å². The van der Waals surface area contributed by atoms with Crippen molar-refractivity contribution in [2.24, 2.45) is 11.3 Å². The number of ether oxygens (including phenoxy) is 1. The van der Waals surface area contributed by atoms with Gasteiger partial charge in [0.05, 0.1) is 29.7 Å². The summed E-state index contributed by atoms with van der Waals surface area (Å²) in [7, 11) is -2.50. The highest BCUT2D eigenvalue weighted by Crippen LogP contribution is 2.43. The van der Waals surface area contributed by atoms with Crippen molar-refractivity contribution in [2.45, 2.75) is 49.6 Å². The molecule has 0 radical (unpaired) electrons. The number of fused-ring (bicyclic) bond motifs is 2. The van der Waals surface area contributed by atoms with E-state index in [0.717, 1.165) is 86.9 Å². The Morgan fingerprint density at radius 2 is 1.72 bits per heavy atom. The molecule has 5 aromatic rings. The van der Waals surface area contributed by atoms with Gasteiger partial charge in [-0.25, -0.2) is 8.42 Å². The van der Waals surface area contributed by atoms with E-state index in [2.05, 4.69) is 35.0 Å². The summed E-state index contributed by atoms with van der Waals surface area (Å²) < 4.78 is 43.0. The molecule has 2 N–H and O–H groups in total. The topological polar surface area (TPSA) is 193 Å². The van der Waals surface area contributed by atoms with Crippen LogP contribution in [0.15, 0.2) is 82.5 Å². The first kappa shape index (κ1) is 38.9. The molecule has 3 aromatic carbocycles. The molecule has 7 heterocycles. The summed E-state index contributed by atoms with van der Waals surface area (Å²) in [5.41, 5.74) is 3.83. The maximum atomic E-state index is 13.7. The van der Waals surface area contributed by atoms with E-state index in [1.165, 1.54) is 7.11 Å². The Bertz CT molecular complexity index is 2680. The van der Waals surface area contributed by atoms with Crippen LogP contribution in [0, 0.1) is 11.3 Å². The standard InChI is InChI=1S/C43H45N9O8S/c1-59-35-18-28(24-51-14-3-13-44-51)19-36-38(35)39(46-60-36)47-61(57,58)31-5-2-4-29(20-31)49-16-11-43(12-17-49)25-48(26-43)22-27-10-15-50(23-27)30-6-7-32-33(21-30)42(56)52(41(32)55)34-8-9-37(53)45-40(34)54/h2-7,13-14,18-21,27,34H,8-12,15-17,22-26H2,1H3,(H,46,47)(H,45,53,54)/t27-,34?/m0/s1. The third-order valence-electron chi connectivity index (χ3n) is 13.0. The minimum Gasteiger partial charge on any atom is -0.496 e. The predicted octanol–water partition coefficient (Wildman–Crippen LogP) is 3.71. The fourth-order valence-electron chi connectivity index (χ4n) is 9.85. The summed E-state index contributed by atoms with van der Waals surface area (Å²) in [5, 5.41) is 11.0. The highest BCUT2D eigenvalue weighted by atomic mass is 32.2. The lowest BCUT2D eigenvalue weighted by atomic mass is 9.71. The highest BCUT2D eigenvalue weighted by Gasteiger charge is 2.47. The van der Waals surface area contributed by atoms with Crippen LogP contribution in [-0.4, -0.2) is 116 Å². The molecule has 5 aliphatic heterocycles. The van der Waals surface area contributed by atoms with Gasteiger partial charge in [-0.05, 0) is 97.2 Å². The van der Waals surface area contributed by atoms with E-state index in [1.54, 1.807) is 47.3 Å². The van der Waals surface area contributed by atoms with E-state index in [9.17, 15) is 27.6 Å². The van der Waals surface area contributed by atoms with Crippen LogP contribution in [0.3, 0.4) is 0 Å². The first-order chi connectivity index (χ1) is 29.5. The Morgan fingerprint density at radius 1 is 0.918 bits per heavy atom. The zero-order valence-electron chi connectivity index (χ0n) is 33.6. The molecule has 5 aliphatic rings. The van der Waals surface area contributed by atoms with Crippen molar-refractivity contribution in [3.8, 4) is 5.75 Å². The number of carbonyl (C=O) groups is 4. The Labute approximate surface area is 351 Å². The quantitative estimate of drug-likeness (QED) is 0.183. The zero-order valence-corrected chi connectivity index (χ0v) is 34.4. The summed E-state index contributed by atoms with van der Waals surface area (Å²) in [6.45, 7) is 6.87. The number of anilines is 3. The average molecular weight is 848 g/mol. The second-order valence-electron chi connectivity index (χ2n) is 16.9. The molecule has 1 spiro atoms. The molecule has 4 amide bonds. The highest BCUT2D eigenvalue weighted by molar-refractivity contribution is 7.92. The lowest BCUT2D eigenvalue weighted by Gasteiger charge is -2.55. The predicted molar refractivity (Wildman–Crippen MR) is 223 cm³/mol. The number of benzene rings is 3. The normalized spacial score (nSPS) is 21.6. The Hall–Kier alpha value is -6.27. The zero-order chi connectivity index (χ0) is 42.0. The Kier molecular flexibility index (Phi) is 9.58. The number of imide groups is 2. The van der Waals surface area contributed by atoms with Gasteiger partial charge in [-0.1, -0.05) is 11.2 Å². The van der Waals surface area contributed by atoms with Crippen molar-refractivity contribution >= 4 is 61.8 Å². The third-order valence-corrected chi connectivity index (χ3v) is 14.3. The molecule has 1 unspecified atom stereocenters. The van der Waals surface area contributed by atoms with Gasteiger partial charge in [-0.3, -0.25) is 38.8 Å². The second kappa shape index (κ2) is 15.0. The van der Waals surface area contributed by atoms with E-state index in [0.29, 0.717) is 34.7 Å². The molecule has 4 fully saturated rings. The maximum absolute atomic E-state index is 13.7. The van der Waals surface area contributed by atoms with Crippen molar-refractivity contribution in [3.05, 3.63) is 89.7 Å². The van der Waals surface area contributed by atoms with Crippen LogP contribution < -0.4 is 24.6 Å². The number of nitrogens with one attached hydrogen (secondary N) is 2. The minimum atomic E-state index is -4.02. The molecular formula is C43H45N9O8S. The van der Waals surface area contributed by atoms with Gasteiger partial charge in [0.25, 0.3) is 21.8 Å². The van der Waals surface area contributed by atoms with Crippen LogP contribution in [0.2, 0.25) is 0 Å². The monoisotopic (exact) mass is 847 g/mol. The van der Waals surface area contributed by atoms with Crippen molar-refractivity contribution in [3.63, 3.8) is 0 Å². The van der Waals surface area contributed by atoms with E-state index >= 15 is 0 Å². The molecule has 0 saturated carbocycles. The summed E-state index contributed by atoms with van der Waals surface area (Å²) in [6, 6.07) is 16.8. The van der Waals surface area contributed by atoms with Gasteiger partial charge < -0.3 is 24.0 Å². The molecule has 2 atom stereocenters. The van der Waals surface area contributed by atoms with Gasteiger partial charge in [-0.2, -0.15) is 5.10 Å². The van der Waals surface area contributed by atoms with E-state index in [1.807, 2.05) is 30.5 Å². The number of nitrogens with zero attached hydrogens (tertiary/aromatic N) is 7. The van der Waals surface area contributed by atoms with Crippen LogP contribution in [0.4, 0.5) is 17.2 Å². The minimum absolute atomic E-state index is 0.0557. The number of carbonyl (C=O) groups excluding carboxylic acids is 4. The van der Waals surface area contributed by atoms with Gasteiger partial charge >= 0.3 is 0 Å². The Balaban J connectivity index is 0.724. The number of hydrogen-bond acceptors (Lipinski definition) is 13. The van der Waals surface area contributed by atoms with E-state index in [4.69, 9.17) is 9.26 Å². The van der Waals surface area contributed by atoms with Crippen LogP contribution in [-0.2, 0) is 26.2 Å². The number of amides is 4. The van der Waals surface area contributed by atoms with Crippen LogP contribution in [0.25, 0.3) is 11.0 Å². The summed E-state index contributed by atoms with van der Waals surface area (Å²) in [6.07, 6.45) is 6.81. The third kappa shape index (κ3) is 7.16. The van der Waals surface area contributed by atoms with Crippen molar-refractivity contribution < 1.29 is 36.9 Å². The summed E-state index contributed by atoms with van der Waals surface area (Å²) in [5.74, 6) is -1.05. The average Bonchev–Trinajstić information content (AvgIpc) is 4.06. The molecule has 18 heteroatoms. The molecule has 10 rings (SSSR count). The number of rotatable bonds is 11. The first-order valence-corrected chi connectivity index (χ1v) is 22.1. The number of likely N-dealkylation sites (tertiary alicyclic amines) is 1. The number of aromatic nitrogens is 3. The number of piperidine rings is 2. The molecule has 316 valence electrons. The number of methoxy groups -OCH3 is 1. The van der Waals surface area contributed by atoms with Gasteiger partial charge in [0.2, 0.25) is 11.8 Å². The fourth-order valence-corrected chi connectivity index (χ4v) is 10.9. The fraction of sp³-hybridized carbons (Fsp3) is 0.395. The SMILES string of the molecule is COc1cc(Cn2cccn2)cc2onc(NS(=O)(=O)c3cccc(N4CCC5(CC4)CN(C[C@@H]4CCN(c6ccc7c(c6)C(=O)N(C6CCC(=O)NC6=O)C7=O)C4)C5)c3)c12. The van der Waals surface area contributed by atoms with Gasteiger partial charge in [0.1, 0.15) is 17.2 Å². The van der Waals surface area contributed by atoms with Crippen LogP contribution in [0.1, 0.15) is 58.4 Å². The molecule has 4 saturated heterocycles. The summed E-state index contributed by atoms with van der Waals surface area (Å²) in [4.78, 5) is 58.9. The molecule has 0 aliphatic carbocycles. The Morgan fingerprint density at radius 3 is 2.49 bits per heavy atom. The van der Waals surface area contributed by atoms with Crippen LogP contribution >= 0.6 is 0 Å². The van der Waals surface area contributed by atoms with Gasteiger partial charge in [-0.15, -0.1) is 0 Å². The first-order valence-electron chi connectivity index (χ1n) is 20.6. The van der Waals surface area contributed by atoms with Gasteiger partial charge in [0, 0.05) is 76.0 Å². The van der Waals surface area contributed by atoms with Crippen molar-refractivity contribution in [1.82, 2.24) is 30.1 Å². The molecular weight excluding hydrogens is 803 g/mol. The lowest BCUT2D eigenvalue weighted by Crippen LogP contribution is -2.61.